The second kappa shape index (κ2) is 5.87. The molecule has 106 valence electrons. The molecule has 1 heterocycles. The summed E-state index contributed by atoms with van der Waals surface area (Å²) in [4.78, 5) is 0.198. The van der Waals surface area contributed by atoms with E-state index in [1.807, 2.05) is 0 Å². The molecule has 0 radical (unpaired) electrons. The molecule has 7 heteroatoms. The van der Waals surface area contributed by atoms with Gasteiger partial charge in [-0.15, -0.1) is 0 Å². The van der Waals surface area contributed by atoms with Gasteiger partial charge in [-0.2, -0.15) is 0 Å². The van der Waals surface area contributed by atoms with Crippen LogP contribution in [0.5, 0.6) is 0 Å². The van der Waals surface area contributed by atoms with Gasteiger partial charge >= 0.3 is 0 Å². The van der Waals surface area contributed by atoms with Gasteiger partial charge in [-0.25, -0.2) is 13.1 Å². The third-order valence-corrected chi connectivity index (χ3v) is 4.57. The molecular formula is C12H18N2O4S. The number of rotatable bonds is 4. The van der Waals surface area contributed by atoms with Gasteiger partial charge in [-0.3, -0.25) is 0 Å². The first kappa shape index (κ1) is 14.3. The number of sulfonamides is 1. The molecule has 1 aromatic rings. The molecule has 1 atom stereocenters. The number of benzene rings is 1. The second-order valence-electron chi connectivity index (χ2n) is 4.39. The summed E-state index contributed by atoms with van der Waals surface area (Å²) < 4.78 is 37.5. The van der Waals surface area contributed by atoms with Crippen molar-refractivity contribution in [3.63, 3.8) is 0 Å². The Balaban J connectivity index is 2.07. The average Bonchev–Trinajstić information content (AvgIpc) is 2.41. The van der Waals surface area contributed by atoms with Crippen molar-refractivity contribution >= 4 is 15.7 Å². The summed E-state index contributed by atoms with van der Waals surface area (Å²) in [6.07, 6.45) is -0.245. The maximum Gasteiger partial charge on any atom is 0.240 e. The molecule has 2 rings (SSSR count). The van der Waals surface area contributed by atoms with E-state index in [4.69, 9.17) is 15.2 Å². The van der Waals surface area contributed by atoms with Gasteiger partial charge in [0, 0.05) is 12.2 Å². The average molecular weight is 286 g/mol. The first-order valence-electron chi connectivity index (χ1n) is 6.05. The molecule has 19 heavy (non-hydrogen) atoms. The van der Waals surface area contributed by atoms with Crippen LogP contribution in [0, 0.1) is 6.92 Å². The molecule has 3 N–H and O–H groups in total. The highest BCUT2D eigenvalue weighted by atomic mass is 32.2. The van der Waals surface area contributed by atoms with Crippen LogP contribution in [0.15, 0.2) is 23.1 Å². The molecule has 0 bridgehead atoms. The van der Waals surface area contributed by atoms with Gasteiger partial charge < -0.3 is 15.2 Å². The summed E-state index contributed by atoms with van der Waals surface area (Å²) in [7, 11) is -3.58. The van der Waals surface area contributed by atoms with Gasteiger partial charge in [0.05, 0.1) is 30.8 Å². The van der Waals surface area contributed by atoms with Crippen LogP contribution in [0.4, 0.5) is 5.69 Å². The Morgan fingerprint density at radius 1 is 1.42 bits per heavy atom. The van der Waals surface area contributed by atoms with E-state index in [2.05, 4.69) is 4.72 Å². The van der Waals surface area contributed by atoms with Crippen molar-refractivity contribution in [1.82, 2.24) is 4.72 Å². The largest absolute Gasteiger partial charge is 0.398 e. The third-order valence-electron chi connectivity index (χ3n) is 3.00. The number of ether oxygens (including phenoxy) is 2. The second-order valence-corrected chi connectivity index (χ2v) is 6.13. The van der Waals surface area contributed by atoms with Crippen LogP contribution >= 0.6 is 0 Å². The third kappa shape index (κ3) is 3.44. The molecule has 1 aliphatic heterocycles. The van der Waals surface area contributed by atoms with E-state index in [9.17, 15) is 8.42 Å². The Kier molecular flexibility index (Phi) is 4.41. The van der Waals surface area contributed by atoms with Crippen molar-refractivity contribution in [3.05, 3.63) is 23.8 Å². The van der Waals surface area contributed by atoms with Crippen LogP contribution in [0.1, 0.15) is 5.56 Å². The summed E-state index contributed by atoms with van der Waals surface area (Å²) in [6, 6.07) is 4.83. The first-order chi connectivity index (χ1) is 9.00. The van der Waals surface area contributed by atoms with E-state index in [1.54, 1.807) is 19.1 Å². The van der Waals surface area contributed by atoms with E-state index in [0.29, 0.717) is 31.1 Å². The monoisotopic (exact) mass is 286 g/mol. The summed E-state index contributed by atoms with van der Waals surface area (Å²) in [5.41, 5.74) is 6.73. The summed E-state index contributed by atoms with van der Waals surface area (Å²) in [6.45, 7) is 3.32. The zero-order chi connectivity index (χ0) is 13.9. The predicted octanol–water partition coefficient (Wildman–Crippen LogP) is 0.271. The molecule has 1 unspecified atom stereocenters. The maximum absolute atomic E-state index is 12.2. The van der Waals surface area contributed by atoms with Gasteiger partial charge in [0.1, 0.15) is 0 Å². The number of hydrogen-bond donors (Lipinski definition) is 2. The van der Waals surface area contributed by atoms with Crippen molar-refractivity contribution < 1.29 is 17.9 Å². The smallest absolute Gasteiger partial charge is 0.240 e. The molecular weight excluding hydrogens is 268 g/mol. The van der Waals surface area contributed by atoms with Crippen LogP contribution in [0.3, 0.4) is 0 Å². The van der Waals surface area contributed by atoms with Gasteiger partial charge in [0.25, 0.3) is 0 Å². The quantitative estimate of drug-likeness (QED) is 0.775. The van der Waals surface area contributed by atoms with Gasteiger partial charge in [-0.05, 0) is 24.6 Å². The fraction of sp³-hybridized carbons (Fsp3) is 0.500. The predicted molar refractivity (Wildman–Crippen MR) is 71.3 cm³/mol. The van der Waals surface area contributed by atoms with Crippen LogP contribution in [0.25, 0.3) is 0 Å². The first-order valence-corrected chi connectivity index (χ1v) is 7.53. The van der Waals surface area contributed by atoms with Crippen LogP contribution < -0.4 is 10.5 Å². The minimum absolute atomic E-state index is 0.191. The molecule has 1 aromatic carbocycles. The van der Waals surface area contributed by atoms with Gasteiger partial charge in [0.15, 0.2) is 0 Å². The highest BCUT2D eigenvalue weighted by Crippen LogP contribution is 2.20. The van der Waals surface area contributed by atoms with E-state index >= 15 is 0 Å². The molecule has 6 nitrogen and oxygen atoms in total. The number of nitrogens with one attached hydrogen (secondary N) is 1. The highest BCUT2D eigenvalue weighted by molar-refractivity contribution is 7.89. The molecule has 0 aromatic heterocycles. The SMILES string of the molecule is Cc1c(N)cccc1S(=O)(=O)NCC1COCCO1. The van der Waals surface area contributed by atoms with E-state index in [-0.39, 0.29) is 17.5 Å². The molecule has 1 aliphatic rings. The fourth-order valence-electron chi connectivity index (χ4n) is 1.86. The molecule has 0 saturated carbocycles. The van der Waals surface area contributed by atoms with E-state index < -0.39 is 10.0 Å². The number of hydrogen-bond acceptors (Lipinski definition) is 5. The fourth-order valence-corrected chi connectivity index (χ4v) is 3.20. The van der Waals surface area contributed by atoms with Crippen molar-refractivity contribution in [1.29, 1.82) is 0 Å². The van der Waals surface area contributed by atoms with Crippen molar-refractivity contribution in [2.45, 2.75) is 17.9 Å². The molecule has 0 amide bonds. The summed E-state index contributed by atoms with van der Waals surface area (Å²) in [5, 5.41) is 0. The zero-order valence-corrected chi connectivity index (χ0v) is 11.6. The van der Waals surface area contributed by atoms with Crippen molar-refractivity contribution in [2.24, 2.45) is 0 Å². The lowest BCUT2D eigenvalue weighted by molar-refractivity contribution is -0.0846. The van der Waals surface area contributed by atoms with Crippen LogP contribution in [-0.2, 0) is 19.5 Å². The molecule has 1 saturated heterocycles. The summed E-state index contributed by atoms with van der Waals surface area (Å²) >= 11 is 0. The lowest BCUT2D eigenvalue weighted by Crippen LogP contribution is -2.39. The lowest BCUT2D eigenvalue weighted by Gasteiger charge is -2.23. The Labute approximate surface area is 112 Å². The minimum Gasteiger partial charge on any atom is -0.398 e. The van der Waals surface area contributed by atoms with Gasteiger partial charge in [0.2, 0.25) is 10.0 Å². The molecule has 0 spiro atoms. The molecule has 1 fully saturated rings. The highest BCUT2D eigenvalue weighted by Gasteiger charge is 2.21. The molecule has 0 aliphatic carbocycles. The summed E-state index contributed by atoms with van der Waals surface area (Å²) in [5.74, 6) is 0. The van der Waals surface area contributed by atoms with Crippen molar-refractivity contribution in [2.75, 3.05) is 32.1 Å². The van der Waals surface area contributed by atoms with Gasteiger partial charge in [-0.1, -0.05) is 6.07 Å². The zero-order valence-electron chi connectivity index (χ0n) is 10.8. The van der Waals surface area contributed by atoms with Crippen LogP contribution in [0.2, 0.25) is 0 Å². The number of nitrogen functional groups attached to an aromatic ring is 1. The lowest BCUT2D eigenvalue weighted by atomic mass is 10.2. The normalized spacial score (nSPS) is 20.4. The number of nitrogens with two attached hydrogens (primary N) is 1. The Morgan fingerprint density at radius 3 is 2.89 bits per heavy atom. The maximum atomic E-state index is 12.2. The Hall–Kier alpha value is -1.15. The minimum atomic E-state index is -3.58. The Bertz CT molecular complexity index is 539. The number of anilines is 1. The van der Waals surface area contributed by atoms with E-state index in [0.717, 1.165) is 0 Å². The van der Waals surface area contributed by atoms with Crippen LogP contribution in [-0.4, -0.2) is 40.9 Å². The van der Waals surface area contributed by atoms with E-state index in [1.165, 1.54) is 6.07 Å². The standard InChI is InChI=1S/C12H18N2O4S/c1-9-11(13)3-2-4-12(9)19(15,16)14-7-10-8-17-5-6-18-10/h2-4,10,14H,5-8,13H2,1H3. The Morgan fingerprint density at radius 2 is 2.21 bits per heavy atom. The van der Waals surface area contributed by atoms with Crippen molar-refractivity contribution in [3.8, 4) is 0 Å². The topological polar surface area (TPSA) is 90.7 Å².